The van der Waals surface area contributed by atoms with Gasteiger partial charge >= 0.3 is 5.97 Å². The molecule has 0 aromatic heterocycles. The molecule has 1 aromatic rings. The first-order valence-electron chi connectivity index (χ1n) is 4.91. The molecular weight excluding hydrogens is 233 g/mol. The number of hydrogen-bond donors (Lipinski definition) is 1. The molecule has 0 aliphatic rings. The molecule has 1 atom stereocenters. The Bertz CT molecular complexity index is 364. The average Bonchev–Trinajstić information content (AvgIpc) is 2.17. The van der Waals surface area contributed by atoms with Gasteiger partial charge < -0.3 is 10.5 Å². The molecule has 0 amide bonds. The Morgan fingerprint density at radius 2 is 2.31 bits per heavy atom. The van der Waals surface area contributed by atoms with Crippen molar-refractivity contribution < 1.29 is 13.9 Å². The lowest BCUT2D eigenvalue weighted by atomic mass is 10.0. The van der Waals surface area contributed by atoms with E-state index in [0.29, 0.717) is 0 Å². The van der Waals surface area contributed by atoms with E-state index < -0.39 is 17.8 Å². The number of carbonyl (C=O) groups excluding carboxylic acids is 1. The van der Waals surface area contributed by atoms with E-state index in [2.05, 4.69) is 0 Å². The highest BCUT2D eigenvalue weighted by molar-refractivity contribution is 6.31. The summed E-state index contributed by atoms with van der Waals surface area (Å²) in [4.78, 5) is 11.2. The van der Waals surface area contributed by atoms with E-state index in [4.69, 9.17) is 22.1 Å². The van der Waals surface area contributed by atoms with Gasteiger partial charge in [-0.1, -0.05) is 17.7 Å². The van der Waals surface area contributed by atoms with Crippen LogP contribution in [0, 0.1) is 5.82 Å². The van der Waals surface area contributed by atoms with E-state index in [0.717, 1.165) is 0 Å². The standard InChI is InChI=1S/C11H13ClFNO2/c1-2-16-10(15)6-9(14)11-7(12)4-3-5-8(11)13/h3-5,9H,2,6,14H2,1H3/t9-/m1/s1. The van der Waals surface area contributed by atoms with Crippen LogP contribution < -0.4 is 5.73 Å². The van der Waals surface area contributed by atoms with E-state index in [1.165, 1.54) is 18.2 Å². The van der Waals surface area contributed by atoms with Gasteiger partial charge in [-0.2, -0.15) is 0 Å². The topological polar surface area (TPSA) is 52.3 Å². The second-order valence-corrected chi connectivity index (χ2v) is 3.66. The largest absolute Gasteiger partial charge is 0.466 e. The maximum atomic E-state index is 13.4. The van der Waals surface area contributed by atoms with E-state index in [1.807, 2.05) is 0 Å². The van der Waals surface area contributed by atoms with E-state index in [-0.39, 0.29) is 23.6 Å². The molecule has 0 unspecified atom stereocenters. The molecule has 1 aromatic carbocycles. The third-order valence-electron chi connectivity index (χ3n) is 2.06. The Balaban J connectivity index is 2.80. The molecule has 2 N–H and O–H groups in total. The number of ether oxygens (including phenoxy) is 1. The quantitative estimate of drug-likeness (QED) is 0.829. The molecule has 0 radical (unpaired) electrons. The Morgan fingerprint density at radius 3 is 2.88 bits per heavy atom. The van der Waals surface area contributed by atoms with Crippen LogP contribution in [0.25, 0.3) is 0 Å². The van der Waals surface area contributed by atoms with Crippen molar-refractivity contribution in [3.05, 3.63) is 34.6 Å². The van der Waals surface area contributed by atoms with E-state index >= 15 is 0 Å². The Morgan fingerprint density at radius 1 is 1.62 bits per heavy atom. The normalized spacial score (nSPS) is 12.2. The molecule has 0 aliphatic carbocycles. The molecule has 0 heterocycles. The van der Waals surface area contributed by atoms with Gasteiger partial charge in [0.1, 0.15) is 5.82 Å². The minimum atomic E-state index is -0.784. The van der Waals surface area contributed by atoms with Crippen molar-refractivity contribution in [2.75, 3.05) is 6.61 Å². The molecule has 3 nitrogen and oxygen atoms in total. The molecule has 0 aliphatic heterocycles. The van der Waals surface area contributed by atoms with Gasteiger partial charge in [-0.15, -0.1) is 0 Å². The molecule has 0 saturated heterocycles. The SMILES string of the molecule is CCOC(=O)C[C@@H](N)c1c(F)cccc1Cl. The molecule has 0 fully saturated rings. The van der Waals surface area contributed by atoms with Gasteiger partial charge in [-0.3, -0.25) is 4.79 Å². The number of benzene rings is 1. The van der Waals surface area contributed by atoms with Crippen molar-refractivity contribution in [1.29, 1.82) is 0 Å². The molecule has 16 heavy (non-hydrogen) atoms. The van der Waals surface area contributed by atoms with Crippen LogP contribution in [0.1, 0.15) is 24.9 Å². The number of nitrogens with two attached hydrogens (primary N) is 1. The highest BCUT2D eigenvalue weighted by Gasteiger charge is 2.18. The predicted octanol–water partition coefficient (Wildman–Crippen LogP) is 2.43. The van der Waals surface area contributed by atoms with Gasteiger partial charge in [-0.05, 0) is 19.1 Å². The summed E-state index contributed by atoms with van der Waals surface area (Å²) in [5, 5.41) is 0.219. The minimum Gasteiger partial charge on any atom is -0.466 e. The van der Waals surface area contributed by atoms with Crippen LogP contribution in [-0.4, -0.2) is 12.6 Å². The summed E-state index contributed by atoms with van der Waals surface area (Å²) in [5.74, 6) is -0.974. The summed E-state index contributed by atoms with van der Waals surface area (Å²) in [6.07, 6.45) is -0.0888. The lowest BCUT2D eigenvalue weighted by molar-refractivity contribution is -0.143. The van der Waals surface area contributed by atoms with E-state index in [9.17, 15) is 9.18 Å². The summed E-state index contributed by atoms with van der Waals surface area (Å²) >= 11 is 5.81. The number of rotatable bonds is 4. The van der Waals surface area contributed by atoms with Crippen molar-refractivity contribution in [1.82, 2.24) is 0 Å². The Kier molecular flexibility index (Phi) is 4.71. The second kappa shape index (κ2) is 5.82. The van der Waals surface area contributed by atoms with Crippen molar-refractivity contribution >= 4 is 17.6 Å². The maximum absolute atomic E-state index is 13.4. The number of esters is 1. The summed E-state index contributed by atoms with van der Waals surface area (Å²) in [7, 11) is 0. The summed E-state index contributed by atoms with van der Waals surface area (Å²) in [6, 6.07) is 3.49. The Hall–Kier alpha value is -1.13. The van der Waals surface area contributed by atoms with Crippen molar-refractivity contribution in [3.8, 4) is 0 Å². The van der Waals surface area contributed by atoms with Crippen LogP contribution in [0.15, 0.2) is 18.2 Å². The predicted molar refractivity (Wildman–Crippen MR) is 59.6 cm³/mol. The molecular formula is C11H13ClFNO2. The fourth-order valence-electron chi connectivity index (χ4n) is 1.37. The molecule has 5 heteroatoms. The summed E-state index contributed by atoms with van der Waals surface area (Å²) in [6.45, 7) is 1.97. The highest BCUT2D eigenvalue weighted by Crippen LogP contribution is 2.26. The van der Waals surface area contributed by atoms with Gasteiger partial charge in [0.15, 0.2) is 0 Å². The molecule has 1 rings (SSSR count). The van der Waals surface area contributed by atoms with Crippen LogP contribution in [0.3, 0.4) is 0 Å². The summed E-state index contributed by atoms with van der Waals surface area (Å²) < 4.78 is 18.1. The van der Waals surface area contributed by atoms with Gasteiger partial charge in [0.25, 0.3) is 0 Å². The first-order valence-corrected chi connectivity index (χ1v) is 5.29. The first-order chi connectivity index (χ1) is 7.56. The van der Waals surface area contributed by atoms with Gasteiger partial charge in [0.05, 0.1) is 13.0 Å². The van der Waals surface area contributed by atoms with Crippen LogP contribution in [0.5, 0.6) is 0 Å². The van der Waals surface area contributed by atoms with Crippen LogP contribution >= 0.6 is 11.6 Å². The third kappa shape index (κ3) is 3.18. The first kappa shape index (κ1) is 12.9. The molecule has 88 valence electrons. The zero-order chi connectivity index (χ0) is 12.1. The lowest BCUT2D eigenvalue weighted by Crippen LogP contribution is -2.18. The lowest BCUT2D eigenvalue weighted by Gasteiger charge is -2.13. The number of hydrogen-bond acceptors (Lipinski definition) is 3. The van der Waals surface area contributed by atoms with Crippen LogP contribution in [0.2, 0.25) is 5.02 Å². The highest BCUT2D eigenvalue weighted by atomic mass is 35.5. The summed E-state index contributed by atoms with van der Waals surface area (Å²) in [5.41, 5.74) is 5.85. The van der Waals surface area contributed by atoms with Crippen molar-refractivity contribution in [2.24, 2.45) is 5.73 Å². The smallest absolute Gasteiger partial charge is 0.307 e. The second-order valence-electron chi connectivity index (χ2n) is 3.25. The van der Waals surface area contributed by atoms with Crippen molar-refractivity contribution in [3.63, 3.8) is 0 Å². The fraction of sp³-hybridized carbons (Fsp3) is 0.364. The zero-order valence-corrected chi connectivity index (χ0v) is 9.63. The fourth-order valence-corrected chi connectivity index (χ4v) is 1.67. The average molecular weight is 246 g/mol. The van der Waals surface area contributed by atoms with Crippen LogP contribution in [0.4, 0.5) is 4.39 Å². The minimum absolute atomic E-state index is 0.0888. The van der Waals surface area contributed by atoms with E-state index in [1.54, 1.807) is 6.92 Å². The van der Waals surface area contributed by atoms with Gasteiger partial charge in [-0.25, -0.2) is 4.39 Å². The number of carbonyl (C=O) groups is 1. The number of halogens is 2. The molecule has 0 saturated carbocycles. The Labute approximate surface area is 98.3 Å². The third-order valence-corrected chi connectivity index (χ3v) is 2.39. The van der Waals surface area contributed by atoms with Crippen molar-refractivity contribution in [2.45, 2.75) is 19.4 Å². The molecule has 0 bridgehead atoms. The monoisotopic (exact) mass is 245 g/mol. The maximum Gasteiger partial charge on any atom is 0.307 e. The zero-order valence-electron chi connectivity index (χ0n) is 8.87. The van der Waals surface area contributed by atoms with Gasteiger partial charge in [0, 0.05) is 16.6 Å². The van der Waals surface area contributed by atoms with Crippen LogP contribution in [-0.2, 0) is 9.53 Å². The molecule has 0 spiro atoms. The van der Waals surface area contributed by atoms with Gasteiger partial charge in [0.2, 0.25) is 0 Å².